The summed E-state index contributed by atoms with van der Waals surface area (Å²) >= 11 is 0. The molecule has 4 amide bonds. The maximum absolute atomic E-state index is 12.6. The standard InChI is InChI=1S/C18H23N3O4/c1-4-19-11(2)9-14(12(19)3)15(22)10-20-16(23)17(24)21(18(20)25)13-7-5-6-8-13/h9,13H,4-8,10H2,1-3H3. The largest absolute Gasteiger partial charge is 0.349 e. The highest BCUT2D eigenvalue weighted by Crippen LogP contribution is 2.28. The van der Waals surface area contributed by atoms with E-state index < -0.39 is 17.8 Å². The number of rotatable bonds is 5. The number of Topliss-reactive ketones (excluding diaryl/α,β-unsaturated/α-hetero) is 1. The minimum absolute atomic E-state index is 0.214. The van der Waals surface area contributed by atoms with Crippen LogP contribution >= 0.6 is 0 Å². The summed E-state index contributed by atoms with van der Waals surface area (Å²) in [7, 11) is 0. The predicted molar refractivity (Wildman–Crippen MR) is 90.1 cm³/mol. The normalized spacial score (nSPS) is 18.8. The smallest absolute Gasteiger partial charge is 0.334 e. The Morgan fingerprint density at radius 1 is 1.12 bits per heavy atom. The minimum Gasteiger partial charge on any atom is -0.349 e. The molecule has 1 aliphatic heterocycles. The second kappa shape index (κ2) is 6.46. The Bertz CT molecular complexity index is 759. The third kappa shape index (κ3) is 2.77. The zero-order valence-electron chi connectivity index (χ0n) is 14.9. The van der Waals surface area contributed by atoms with Crippen molar-refractivity contribution in [1.29, 1.82) is 0 Å². The van der Waals surface area contributed by atoms with Crippen molar-refractivity contribution in [2.45, 2.75) is 59.0 Å². The second-order valence-electron chi connectivity index (χ2n) is 6.74. The molecule has 25 heavy (non-hydrogen) atoms. The van der Waals surface area contributed by atoms with E-state index in [-0.39, 0.29) is 18.4 Å². The molecule has 134 valence electrons. The summed E-state index contributed by atoms with van der Waals surface area (Å²) in [4.78, 5) is 51.5. The number of urea groups is 1. The van der Waals surface area contributed by atoms with Crippen LogP contribution in [0.1, 0.15) is 54.4 Å². The lowest BCUT2D eigenvalue weighted by atomic mass is 10.1. The fourth-order valence-corrected chi connectivity index (χ4v) is 3.94. The number of amides is 4. The Kier molecular flexibility index (Phi) is 4.49. The summed E-state index contributed by atoms with van der Waals surface area (Å²) < 4.78 is 2.00. The molecule has 0 bridgehead atoms. The lowest BCUT2D eigenvalue weighted by Gasteiger charge is -2.20. The van der Waals surface area contributed by atoms with Gasteiger partial charge >= 0.3 is 17.8 Å². The molecule has 1 saturated heterocycles. The van der Waals surface area contributed by atoms with Crippen LogP contribution in [0.25, 0.3) is 0 Å². The van der Waals surface area contributed by atoms with E-state index in [1.165, 1.54) is 0 Å². The third-order valence-corrected chi connectivity index (χ3v) is 5.27. The molecule has 0 N–H and O–H groups in total. The zero-order valence-corrected chi connectivity index (χ0v) is 14.9. The predicted octanol–water partition coefficient (Wildman–Crippen LogP) is 2.04. The molecular weight excluding hydrogens is 322 g/mol. The molecule has 7 heteroatoms. The van der Waals surface area contributed by atoms with Crippen molar-refractivity contribution in [1.82, 2.24) is 14.4 Å². The summed E-state index contributed by atoms with van der Waals surface area (Å²) in [5, 5.41) is 0. The second-order valence-corrected chi connectivity index (χ2v) is 6.74. The molecule has 7 nitrogen and oxygen atoms in total. The number of carbonyl (C=O) groups excluding carboxylic acids is 4. The van der Waals surface area contributed by atoms with Gasteiger partial charge in [-0.3, -0.25) is 19.3 Å². The summed E-state index contributed by atoms with van der Waals surface area (Å²) in [6.45, 7) is 6.08. The van der Waals surface area contributed by atoms with Crippen molar-refractivity contribution in [3.05, 3.63) is 23.0 Å². The molecule has 2 fully saturated rings. The van der Waals surface area contributed by atoms with Gasteiger partial charge in [0.15, 0.2) is 5.78 Å². The molecule has 1 aliphatic carbocycles. The number of hydrogen-bond donors (Lipinski definition) is 0. The van der Waals surface area contributed by atoms with Crippen LogP contribution in [0.3, 0.4) is 0 Å². The molecule has 0 atom stereocenters. The van der Waals surface area contributed by atoms with E-state index in [2.05, 4.69) is 0 Å². The van der Waals surface area contributed by atoms with E-state index in [0.29, 0.717) is 5.56 Å². The van der Waals surface area contributed by atoms with Crippen molar-refractivity contribution in [2.24, 2.45) is 0 Å². The van der Waals surface area contributed by atoms with Crippen LogP contribution < -0.4 is 0 Å². The third-order valence-electron chi connectivity index (χ3n) is 5.27. The van der Waals surface area contributed by atoms with Crippen LogP contribution in [0.5, 0.6) is 0 Å². The van der Waals surface area contributed by atoms with E-state index in [0.717, 1.165) is 53.4 Å². The SMILES string of the molecule is CCn1c(C)cc(C(=O)CN2C(=O)C(=O)N(C3CCCC3)C2=O)c1C. The first-order chi connectivity index (χ1) is 11.9. The van der Waals surface area contributed by atoms with E-state index in [1.807, 2.05) is 25.3 Å². The molecule has 0 radical (unpaired) electrons. The number of aromatic nitrogens is 1. The molecule has 1 aromatic heterocycles. The first-order valence-corrected chi connectivity index (χ1v) is 8.75. The average molecular weight is 345 g/mol. The summed E-state index contributed by atoms with van der Waals surface area (Å²) in [5.41, 5.74) is 2.25. The van der Waals surface area contributed by atoms with E-state index in [9.17, 15) is 19.2 Å². The number of hydrogen-bond acceptors (Lipinski definition) is 4. The highest BCUT2D eigenvalue weighted by atomic mass is 16.2. The van der Waals surface area contributed by atoms with Crippen LogP contribution in [0.15, 0.2) is 6.07 Å². The van der Waals surface area contributed by atoms with E-state index >= 15 is 0 Å². The Morgan fingerprint density at radius 3 is 2.32 bits per heavy atom. The number of imide groups is 2. The van der Waals surface area contributed by atoms with Gasteiger partial charge in [-0.1, -0.05) is 12.8 Å². The van der Waals surface area contributed by atoms with Crippen molar-refractivity contribution in [2.75, 3.05) is 6.54 Å². The van der Waals surface area contributed by atoms with Crippen LogP contribution in [-0.2, 0) is 16.1 Å². The number of carbonyl (C=O) groups is 4. The van der Waals surface area contributed by atoms with Gasteiger partial charge in [0.2, 0.25) is 0 Å². The lowest BCUT2D eigenvalue weighted by Crippen LogP contribution is -2.41. The fraction of sp³-hybridized carbons (Fsp3) is 0.556. The van der Waals surface area contributed by atoms with Gasteiger partial charge in [-0.2, -0.15) is 0 Å². The monoisotopic (exact) mass is 345 g/mol. The minimum atomic E-state index is -0.894. The number of aryl methyl sites for hydroxylation is 1. The van der Waals surface area contributed by atoms with Gasteiger partial charge in [0.05, 0.1) is 6.54 Å². The molecule has 2 aliphatic rings. The van der Waals surface area contributed by atoms with Crippen molar-refractivity contribution >= 4 is 23.6 Å². The van der Waals surface area contributed by atoms with Crippen molar-refractivity contribution in [3.63, 3.8) is 0 Å². The molecule has 3 rings (SSSR count). The van der Waals surface area contributed by atoms with Gasteiger partial charge in [0.1, 0.15) is 0 Å². The fourth-order valence-electron chi connectivity index (χ4n) is 3.94. The summed E-state index contributed by atoms with van der Waals surface area (Å²) in [6, 6.07) is 0.900. The molecule has 0 spiro atoms. The molecular formula is C18H23N3O4. The summed E-state index contributed by atoms with van der Waals surface area (Å²) in [5.74, 6) is -2.02. The molecule has 1 saturated carbocycles. The molecule has 2 heterocycles. The van der Waals surface area contributed by atoms with Crippen LogP contribution in [0, 0.1) is 13.8 Å². The van der Waals surface area contributed by atoms with Gasteiger partial charge in [0.25, 0.3) is 0 Å². The maximum atomic E-state index is 12.6. The highest BCUT2D eigenvalue weighted by Gasteiger charge is 2.48. The van der Waals surface area contributed by atoms with Gasteiger partial charge < -0.3 is 4.57 Å². The summed E-state index contributed by atoms with van der Waals surface area (Å²) in [6.07, 6.45) is 3.34. The molecule has 0 aromatic carbocycles. The quantitative estimate of drug-likeness (QED) is 0.465. The molecule has 1 aromatic rings. The van der Waals surface area contributed by atoms with Gasteiger partial charge in [-0.15, -0.1) is 0 Å². The average Bonchev–Trinajstić information content (AvgIpc) is 3.24. The van der Waals surface area contributed by atoms with Crippen LogP contribution in [-0.4, -0.2) is 50.6 Å². The maximum Gasteiger partial charge on any atom is 0.334 e. The lowest BCUT2D eigenvalue weighted by molar-refractivity contribution is -0.143. The van der Waals surface area contributed by atoms with Crippen LogP contribution in [0.4, 0.5) is 4.79 Å². The van der Waals surface area contributed by atoms with E-state index in [4.69, 9.17) is 0 Å². The Hall–Kier alpha value is -2.44. The first-order valence-electron chi connectivity index (χ1n) is 8.75. The van der Waals surface area contributed by atoms with Gasteiger partial charge in [-0.25, -0.2) is 9.69 Å². The van der Waals surface area contributed by atoms with Crippen molar-refractivity contribution < 1.29 is 19.2 Å². The molecule has 0 unspecified atom stereocenters. The van der Waals surface area contributed by atoms with Gasteiger partial charge in [-0.05, 0) is 39.7 Å². The van der Waals surface area contributed by atoms with Crippen LogP contribution in [0.2, 0.25) is 0 Å². The Labute approximate surface area is 146 Å². The Morgan fingerprint density at radius 2 is 1.76 bits per heavy atom. The number of nitrogens with zero attached hydrogens (tertiary/aromatic N) is 3. The van der Waals surface area contributed by atoms with Crippen molar-refractivity contribution in [3.8, 4) is 0 Å². The topological polar surface area (TPSA) is 79.7 Å². The van der Waals surface area contributed by atoms with Gasteiger partial charge in [0, 0.05) is 29.5 Å². The first kappa shape index (κ1) is 17.4. The Balaban J connectivity index is 1.80. The zero-order chi connectivity index (χ0) is 18.3. The van der Waals surface area contributed by atoms with E-state index in [1.54, 1.807) is 6.07 Å². The highest BCUT2D eigenvalue weighted by molar-refractivity contribution is 6.45. The number of ketones is 1.